The maximum Gasteiger partial charge on any atom is 0.361 e. The lowest BCUT2D eigenvalue weighted by molar-refractivity contribution is 0.0515. The molecule has 4 nitrogen and oxygen atoms in total. The van der Waals surface area contributed by atoms with Gasteiger partial charge in [-0.25, -0.2) is 4.79 Å². The highest BCUT2D eigenvalue weighted by Crippen LogP contribution is 2.26. The second kappa shape index (κ2) is 12.9. The summed E-state index contributed by atoms with van der Waals surface area (Å²) in [5.74, 6) is 0.420. The molecule has 6 heteroatoms. The van der Waals surface area contributed by atoms with Gasteiger partial charge in [-0.15, -0.1) is 16.9 Å². The molecule has 0 aliphatic carbocycles. The van der Waals surface area contributed by atoms with E-state index in [1.807, 2.05) is 0 Å². The first-order valence-electron chi connectivity index (χ1n) is 9.01. The third-order valence-electron chi connectivity index (χ3n) is 3.70. The average Bonchev–Trinajstić information content (AvgIpc) is 3.03. The number of aromatic nitrogens is 2. The number of rotatable bonds is 11. The summed E-state index contributed by atoms with van der Waals surface area (Å²) < 4.78 is 9.68. The van der Waals surface area contributed by atoms with Crippen LogP contribution in [0.4, 0.5) is 0 Å². The molecule has 0 aromatic carbocycles. The minimum absolute atomic E-state index is 0.336. The van der Waals surface area contributed by atoms with Gasteiger partial charge >= 0.3 is 5.97 Å². The van der Waals surface area contributed by atoms with Crippen LogP contribution in [0.2, 0.25) is 0 Å². The van der Waals surface area contributed by atoms with Gasteiger partial charge in [0, 0.05) is 5.75 Å². The van der Waals surface area contributed by atoms with Crippen molar-refractivity contribution >= 4 is 29.3 Å². The molecule has 26 heavy (non-hydrogen) atoms. The number of allylic oxidation sites excluding steroid dienone is 5. The van der Waals surface area contributed by atoms with Gasteiger partial charge in [0.05, 0.1) is 6.61 Å². The van der Waals surface area contributed by atoms with Gasteiger partial charge in [-0.1, -0.05) is 39.4 Å². The zero-order valence-corrected chi connectivity index (χ0v) is 18.1. The Morgan fingerprint density at radius 2 is 1.73 bits per heavy atom. The van der Waals surface area contributed by atoms with Crippen molar-refractivity contribution < 1.29 is 9.53 Å². The standard InChI is InChI=1S/C20H30N2O2S2/c1-6-24-19(23)18-20(26-22-21-18)25-14-13-17(5)12-8-11-16(4)10-7-9-15(2)3/h9,11,13H,6-8,10,12,14H2,1-5H3/b16-11+,17-13+. The normalized spacial score (nSPS) is 12.2. The Bertz CT molecular complexity index is 657. The summed E-state index contributed by atoms with van der Waals surface area (Å²) in [4.78, 5) is 11.8. The van der Waals surface area contributed by atoms with Crippen LogP contribution in [0.5, 0.6) is 0 Å². The van der Waals surface area contributed by atoms with E-state index in [0.717, 1.165) is 35.6 Å². The molecule has 0 atom stereocenters. The Kier molecular flexibility index (Phi) is 11.2. The van der Waals surface area contributed by atoms with Gasteiger partial charge < -0.3 is 4.74 Å². The van der Waals surface area contributed by atoms with Crippen molar-refractivity contribution in [2.45, 2.75) is 64.5 Å². The number of ether oxygens (including phenoxy) is 1. The number of carbonyl (C=O) groups is 1. The molecule has 1 heterocycles. The van der Waals surface area contributed by atoms with Crippen LogP contribution in [0.3, 0.4) is 0 Å². The zero-order chi connectivity index (χ0) is 19.4. The number of carbonyl (C=O) groups excluding carboxylic acids is 1. The van der Waals surface area contributed by atoms with Crippen LogP contribution in [0.15, 0.2) is 39.2 Å². The fourth-order valence-electron chi connectivity index (χ4n) is 2.20. The summed E-state index contributed by atoms with van der Waals surface area (Å²) in [6.07, 6.45) is 11.2. The van der Waals surface area contributed by atoms with Crippen LogP contribution >= 0.6 is 23.3 Å². The predicted molar refractivity (Wildman–Crippen MR) is 112 cm³/mol. The summed E-state index contributed by atoms with van der Waals surface area (Å²) in [5.41, 5.74) is 4.54. The molecular formula is C20H30N2O2S2. The van der Waals surface area contributed by atoms with E-state index in [-0.39, 0.29) is 0 Å². The van der Waals surface area contributed by atoms with Crippen LogP contribution < -0.4 is 0 Å². The molecule has 0 bridgehead atoms. The highest BCUT2D eigenvalue weighted by Gasteiger charge is 2.17. The van der Waals surface area contributed by atoms with Crippen LogP contribution in [0.25, 0.3) is 0 Å². The number of esters is 1. The first kappa shape index (κ1) is 22.6. The van der Waals surface area contributed by atoms with Crippen LogP contribution in [-0.4, -0.2) is 27.9 Å². The lowest BCUT2D eigenvalue weighted by Gasteiger charge is -2.02. The number of hydrogen-bond donors (Lipinski definition) is 0. The lowest BCUT2D eigenvalue weighted by atomic mass is 10.1. The Morgan fingerprint density at radius 1 is 1.08 bits per heavy atom. The lowest BCUT2D eigenvalue weighted by Crippen LogP contribution is -2.06. The minimum atomic E-state index is -0.391. The van der Waals surface area contributed by atoms with Gasteiger partial charge in [-0.3, -0.25) is 0 Å². The van der Waals surface area contributed by atoms with E-state index >= 15 is 0 Å². The quantitative estimate of drug-likeness (QED) is 0.253. The summed E-state index contributed by atoms with van der Waals surface area (Å²) in [7, 11) is 0. The SMILES string of the molecule is CCOC(=O)c1nnsc1SC/C=C(\C)CC/C=C(\C)CCC=C(C)C. The molecule has 0 radical (unpaired) electrons. The molecule has 0 fully saturated rings. The molecule has 0 saturated carbocycles. The molecule has 1 rings (SSSR count). The largest absolute Gasteiger partial charge is 0.461 e. The third-order valence-corrected chi connectivity index (χ3v) is 5.58. The monoisotopic (exact) mass is 394 g/mol. The van der Waals surface area contributed by atoms with E-state index in [4.69, 9.17) is 4.74 Å². The summed E-state index contributed by atoms with van der Waals surface area (Å²) in [6, 6.07) is 0. The number of hydrogen-bond acceptors (Lipinski definition) is 6. The van der Waals surface area contributed by atoms with Crippen molar-refractivity contribution in [2.75, 3.05) is 12.4 Å². The van der Waals surface area contributed by atoms with E-state index in [9.17, 15) is 4.79 Å². The molecule has 0 spiro atoms. The summed E-state index contributed by atoms with van der Waals surface area (Å²) in [6.45, 7) is 10.8. The molecule has 0 N–H and O–H groups in total. The number of nitrogens with zero attached hydrogens (tertiary/aromatic N) is 2. The average molecular weight is 395 g/mol. The molecule has 1 aromatic heterocycles. The van der Waals surface area contributed by atoms with E-state index in [2.05, 4.69) is 55.5 Å². The third kappa shape index (κ3) is 9.34. The predicted octanol–water partition coefficient (Wildman–Crippen LogP) is 6.23. The van der Waals surface area contributed by atoms with Gasteiger partial charge in [-0.05, 0) is 71.8 Å². The van der Waals surface area contributed by atoms with Crippen LogP contribution in [0.1, 0.15) is 70.8 Å². The van der Waals surface area contributed by atoms with Crippen molar-refractivity contribution in [1.29, 1.82) is 0 Å². The Balaban J connectivity index is 2.37. The van der Waals surface area contributed by atoms with Gasteiger partial charge in [0.1, 0.15) is 4.21 Å². The van der Waals surface area contributed by atoms with E-state index in [1.165, 1.54) is 28.3 Å². The van der Waals surface area contributed by atoms with Gasteiger partial charge in [0.2, 0.25) is 0 Å². The fraction of sp³-hybridized carbons (Fsp3) is 0.550. The highest BCUT2D eigenvalue weighted by atomic mass is 32.2. The van der Waals surface area contributed by atoms with E-state index in [1.54, 1.807) is 18.7 Å². The fourth-order valence-corrected chi connectivity index (χ4v) is 3.90. The Hall–Kier alpha value is -1.40. The second-order valence-corrected chi connectivity index (χ2v) is 8.44. The zero-order valence-electron chi connectivity index (χ0n) is 16.5. The van der Waals surface area contributed by atoms with Crippen molar-refractivity contribution in [3.63, 3.8) is 0 Å². The summed E-state index contributed by atoms with van der Waals surface area (Å²) >= 11 is 2.83. The van der Waals surface area contributed by atoms with Gasteiger partial charge in [-0.2, -0.15) is 0 Å². The molecule has 0 aliphatic rings. The molecule has 0 unspecified atom stereocenters. The molecule has 0 aliphatic heterocycles. The molecular weight excluding hydrogens is 364 g/mol. The molecule has 144 valence electrons. The minimum Gasteiger partial charge on any atom is -0.461 e. The van der Waals surface area contributed by atoms with Gasteiger partial charge in [0.25, 0.3) is 0 Å². The van der Waals surface area contributed by atoms with Gasteiger partial charge in [0.15, 0.2) is 5.69 Å². The maximum atomic E-state index is 11.8. The van der Waals surface area contributed by atoms with Crippen molar-refractivity contribution in [2.24, 2.45) is 0 Å². The summed E-state index contributed by atoms with van der Waals surface area (Å²) in [5, 5.41) is 3.88. The first-order chi connectivity index (χ1) is 12.4. The van der Waals surface area contributed by atoms with Crippen molar-refractivity contribution in [1.82, 2.24) is 9.59 Å². The highest BCUT2D eigenvalue weighted by molar-refractivity contribution is 8.01. The topological polar surface area (TPSA) is 52.1 Å². The van der Waals surface area contributed by atoms with Crippen molar-refractivity contribution in [3.8, 4) is 0 Å². The second-order valence-electron chi connectivity index (χ2n) is 6.40. The molecule has 0 saturated heterocycles. The Labute approximate surface area is 166 Å². The maximum absolute atomic E-state index is 11.8. The molecule has 1 aromatic rings. The van der Waals surface area contributed by atoms with E-state index in [0.29, 0.717) is 12.3 Å². The van der Waals surface area contributed by atoms with Crippen molar-refractivity contribution in [3.05, 3.63) is 40.6 Å². The van der Waals surface area contributed by atoms with Crippen LogP contribution in [0, 0.1) is 0 Å². The van der Waals surface area contributed by atoms with E-state index < -0.39 is 5.97 Å². The molecule has 0 amide bonds. The smallest absolute Gasteiger partial charge is 0.361 e. The Morgan fingerprint density at radius 3 is 2.38 bits per heavy atom. The first-order valence-corrected chi connectivity index (χ1v) is 10.8. The number of thioether (sulfide) groups is 1. The van der Waals surface area contributed by atoms with Crippen LogP contribution in [-0.2, 0) is 4.74 Å².